The van der Waals surface area contributed by atoms with E-state index in [9.17, 15) is 9.59 Å². The highest BCUT2D eigenvalue weighted by molar-refractivity contribution is 5.91. The average Bonchev–Trinajstić information content (AvgIpc) is 2.31. The van der Waals surface area contributed by atoms with Crippen LogP contribution < -0.4 is 10.6 Å². The first-order valence-electron chi connectivity index (χ1n) is 5.53. The highest BCUT2D eigenvalue weighted by Crippen LogP contribution is 2.20. The predicted molar refractivity (Wildman–Crippen MR) is 58.2 cm³/mol. The lowest BCUT2D eigenvalue weighted by molar-refractivity contribution is -0.133. The van der Waals surface area contributed by atoms with Gasteiger partial charge in [-0.25, -0.2) is 0 Å². The monoisotopic (exact) mass is 223 g/mol. The first-order valence-corrected chi connectivity index (χ1v) is 5.53. The van der Waals surface area contributed by atoms with Crippen molar-refractivity contribution in [2.45, 2.75) is 39.2 Å². The zero-order chi connectivity index (χ0) is 12.2. The van der Waals surface area contributed by atoms with Crippen molar-refractivity contribution >= 4 is 11.8 Å². The topological polar surface area (TPSA) is 82.0 Å². The minimum Gasteiger partial charge on any atom is -0.354 e. The van der Waals surface area contributed by atoms with Gasteiger partial charge in [0, 0.05) is 6.54 Å². The molecule has 1 heterocycles. The molecule has 16 heavy (non-hydrogen) atoms. The van der Waals surface area contributed by atoms with Crippen molar-refractivity contribution in [3.05, 3.63) is 0 Å². The Morgan fingerprint density at radius 1 is 1.75 bits per heavy atom. The molecule has 2 N–H and O–H groups in total. The molecule has 5 heteroatoms. The minimum atomic E-state index is -1.04. The molecule has 0 aromatic rings. The van der Waals surface area contributed by atoms with Crippen LogP contribution in [0.15, 0.2) is 0 Å². The molecule has 1 saturated heterocycles. The van der Waals surface area contributed by atoms with Gasteiger partial charge in [0.25, 0.3) is 0 Å². The lowest BCUT2D eigenvalue weighted by atomic mass is 9.88. The van der Waals surface area contributed by atoms with Gasteiger partial charge in [0.2, 0.25) is 11.8 Å². The summed E-state index contributed by atoms with van der Waals surface area (Å²) in [5.41, 5.74) is -1.04. The van der Waals surface area contributed by atoms with Gasteiger partial charge >= 0.3 is 0 Å². The normalized spacial score (nSPS) is 23.8. The molecule has 5 nitrogen and oxygen atoms in total. The van der Waals surface area contributed by atoms with Crippen LogP contribution in [0.25, 0.3) is 0 Å². The molecule has 0 aromatic carbocycles. The highest BCUT2D eigenvalue weighted by Gasteiger charge is 2.34. The first-order chi connectivity index (χ1) is 7.53. The zero-order valence-electron chi connectivity index (χ0n) is 9.67. The van der Waals surface area contributed by atoms with E-state index in [1.807, 2.05) is 6.07 Å². The third-order valence-corrected chi connectivity index (χ3v) is 3.05. The number of hydrogen-bond donors (Lipinski definition) is 2. The van der Waals surface area contributed by atoms with Crippen LogP contribution in [-0.4, -0.2) is 24.4 Å². The molecule has 1 aliphatic rings. The second-order valence-electron chi connectivity index (χ2n) is 4.26. The SMILES string of the molecule is CCC(C)(C#N)C(=O)NC1CCCNC1=O. The first kappa shape index (κ1) is 12.5. The summed E-state index contributed by atoms with van der Waals surface area (Å²) < 4.78 is 0. The summed E-state index contributed by atoms with van der Waals surface area (Å²) in [4.78, 5) is 23.3. The van der Waals surface area contributed by atoms with Gasteiger partial charge in [0.05, 0.1) is 6.07 Å². The number of carbonyl (C=O) groups is 2. The molecule has 2 atom stereocenters. The molecule has 0 spiro atoms. The largest absolute Gasteiger partial charge is 0.354 e. The zero-order valence-corrected chi connectivity index (χ0v) is 9.67. The van der Waals surface area contributed by atoms with Gasteiger partial charge in [-0.3, -0.25) is 9.59 Å². The van der Waals surface area contributed by atoms with Crippen LogP contribution in [0.1, 0.15) is 33.1 Å². The predicted octanol–water partition coefficient (Wildman–Crippen LogP) is 0.321. The Hall–Kier alpha value is -1.57. The smallest absolute Gasteiger partial charge is 0.242 e. The molecule has 1 rings (SSSR count). The number of nitrogens with one attached hydrogen (secondary N) is 2. The van der Waals surface area contributed by atoms with Gasteiger partial charge in [-0.1, -0.05) is 6.92 Å². The van der Waals surface area contributed by atoms with Gasteiger partial charge in [-0.15, -0.1) is 0 Å². The van der Waals surface area contributed by atoms with Crippen LogP contribution in [-0.2, 0) is 9.59 Å². The Labute approximate surface area is 95.2 Å². The fourth-order valence-electron chi connectivity index (χ4n) is 1.52. The Balaban J connectivity index is 2.63. The number of nitriles is 1. The van der Waals surface area contributed by atoms with Crippen LogP contribution in [0.5, 0.6) is 0 Å². The maximum absolute atomic E-state index is 11.8. The Bertz CT molecular complexity index is 335. The molecular weight excluding hydrogens is 206 g/mol. The molecular formula is C11H17N3O2. The Morgan fingerprint density at radius 3 is 2.94 bits per heavy atom. The van der Waals surface area contributed by atoms with E-state index < -0.39 is 11.5 Å². The third kappa shape index (κ3) is 2.51. The fourth-order valence-corrected chi connectivity index (χ4v) is 1.52. The number of nitrogens with zero attached hydrogens (tertiary/aromatic N) is 1. The van der Waals surface area contributed by atoms with Gasteiger partial charge < -0.3 is 10.6 Å². The Morgan fingerprint density at radius 2 is 2.44 bits per heavy atom. The van der Waals surface area contributed by atoms with E-state index in [4.69, 9.17) is 5.26 Å². The second-order valence-corrected chi connectivity index (χ2v) is 4.26. The van der Waals surface area contributed by atoms with Crippen molar-refractivity contribution in [1.29, 1.82) is 5.26 Å². The molecule has 2 amide bonds. The lowest BCUT2D eigenvalue weighted by Gasteiger charge is -2.26. The van der Waals surface area contributed by atoms with Crippen LogP contribution in [0.3, 0.4) is 0 Å². The van der Waals surface area contributed by atoms with Crippen molar-refractivity contribution in [2.24, 2.45) is 5.41 Å². The number of amides is 2. The summed E-state index contributed by atoms with van der Waals surface area (Å²) in [5.74, 6) is -0.518. The number of rotatable bonds is 3. The highest BCUT2D eigenvalue weighted by atomic mass is 16.2. The van der Waals surface area contributed by atoms with Crippen LogP contribution in [0.2, 0.25) is 0 Å². The molecule has 88 valence electrons. The van der Waals surface area contributed by atoms with Crippen LogP contribution in [0.4, 0.5) is 0 Å². The summed E-state index contributed by atoms with van der Waals surface area (Å²) in [6, 6.07) is 1.50. The summed E-state index contributed by atoms with van der Waals surface area (Å²) in [5, 5.41) is 14.3. The van der Waals surface area contributed by atoms with Crippen molar-refractivity contribution in [2.75, 3.05) is 6.54 Å². The second kappa shape index (κ2) is 4.97. The van der Waals surface area contributed by atoms with Crippen LogP contribution in [0, 0.1) is 16.7 Å². The van der Waals surface area contributed by atoms with Crippen molar-refractivity contribution in [3.63, 3.8) is 0 Å². The van der Waals surface area contributed by atoms with Gasteiger partial charge in [-0.2, -0.15) is 5.26 Å². The Kier molecular flexibility index (Phi) is 3.88. The molecule has 0 radical (unpaired) electrons. The fraction of sp³-hybridized carbons (Fsp3) is 0.727. The summed E-state index contributed by atoms with van der Waals surface area (Å²) in [7, 11) is 0. The summed E-state index contributed by atoms with van der Waals surface area (Å²) in [6.07, 6.45) is 1.93. The van der Waals surface area contributed by atoms with Gasteiger partial charge in [-0.05, 0) is 26.2 Å². The molecule has 0 saturated carbocycles. The summed E-state index contributed by atoms with van der Waals surface area (Å²) >= 11 is 0. The molecule has 0 aliphatic carbocycles. The van der Waals surface area contributed by atoms with E-state index in [2.05, 4.69) is 10.6 Å². The van der Waals surface area contributed by atoms with E-state index >= 15 is 0 Å². The number of carbonyl (C=O) groups excluding carboxylic acids is 2. The van der Waals surface area contributed by atoms with E-state index in [0.717, 1.165) is 6.42 Å². The van der Waals surface area contributed by atoms with Crippen molar-refractivity contribution in [3.8, 4) is 6.07 Å². The van der Waals surface area contributed by atoms with Crippen molar-refractivity contribution < 1.29 is 9.59 Å². The van der Waals surface area contributed by atoms with Gasteiger partial charge in [0.15, 0.2) is 0 Å². The average molecular weight is 223 g/mol. The standard InChI is InChI=1S/C11H17N3O2/c1-3-11(2,7-12)10(16)14-8-5-4-6-13-9(8)15/h8H,3-6H2,1-2H3,(H,13,15)(H,14,16). The number of piperidine rings is 1. The van der Waals surface area contributed by atoms with E-state index in [0.29, 0.717) is 19.4 Å². The van der Waals surface area contributed by atoms with E-state index in [1.165, 1.54) is 0 Å². The van der Waals surface area contributed by atoms with E-state index in [1.54, 1.807) is 13.8 Å². The maximum Gasteiger partial charge on any atom is 0.242 e. The van der Waals surface area contributed by atoms with Gasteiger partial charge in [0.1, 0.15) is 11.5 Å². The molecule has 0 aromatic heterocycles. The molecule has 2 unspecified atom stereocenters. The maximum atomic E-state index is 11.8. The van der Waals surface area contributed by atoms with E-state index in [-0.39, 0.29) is 11.8 Å². The molecule has 1 fully saturated rings. The minimum absolute atomic E-state index is 0.156. The van der Waals surface area contributed by atoms with Crippen LogP contribution >= 0.6 is 0 Å². The lowest BCUT2D eigenvalue weighted by Crippen LogP contribution is -2.53. The summed E-state index contributed by atoms with van der Waals surface area (Å²) in [6.45, 7) is 4.03. The quantitative estimate of drug-likeness (QED) is 0.723. The number of hydrogen-bond acceptors (Lipinski definition) is 3. The third-order valence-electron chi connectivity index (χ3n) is 3.05. The van der Waals surface area contributed by atoms with Crippen molar-refractivity contribution in [1.82, 2.24) is 10.6 Å². The molecule has 1 aliphatic heterocycles. The molecule has 0 bridgehead atoms.